The monoisotopic (exact) mass is 328 g/mol. The maximum absolute atomic E-state index is 13.8. The van der Waals surface area contributed by atoms with Crippen LogP contribution in [0.3, 0.4) is 0 Å². The zero-order valence-electron chi connectivity index (χ0n) is 14.6. The highest BCUT2D eigenvalue weighted by molar-refractivity contribution is 5.60. The fourth-order valence-electron chi connectivity index (χ4n) is 6.23. The lowest BCUT2D eigenvalue weighted by Crippen LogP contribution is -2.47. The number of fused-ring (bicyclic) bond motifs is 3. The number of hydrogen-bond donors (Lipinski definition) is 1. The van der Waals surface area contributed by atoms with E-state index in [2.05, 4.69) is 10.2 Å². The van der Waals surface area contributed by atoms with Crippen molar-refractivity contribution >= 4 is 5.69 Å². The molecule has 2 unspecified atom stereocenters. The van der Waals surface area contributed by atoms with Gasteiger partial charge >= 0.3 is 0 Å². The Hall–Kier alpha value is -1.09. The minimum absolute atomic E-state index is 0.0841. The van der Waals surface area contributed by atoms with Crippen LogP contribution in [-0.4, -0.2) is 30.6 Å². The Morgan fingerprint density at radius 3 is 2.46 bits per heavy atom. The van der Waals surface area contributed by atoms with Gasteiger partial charge in [-0.3, -0.25) is 0 Å². The summed E-state index contributed by atoms with van der Waals surface area (Å²) < 4.78 is 13.8. The normalized spacial score (nSPS) is 34.8. The van der Waals surface area contributed by atoms with Gasteiger partial charge in [0.2, 0.25) is 0 Å². The molecule has 0 radical (unpaired) electrons. The molecule has 2 nitrogen and oxygen atoms in total. The van der Waals surface area contributed by atoms with Crippen LogP contribution in [0.4, 0.5) is 10.1 Å². The van der Waals surface area contributed by atoms with Gasteiger partial charge in [-0.05, 0) is 74.4 Å². The Morgan fingerprint density at radius 1 is 1.04 bits per heavy atom. The molecule has 2 saturated carbocycles. The van der Waals surface area contributed by atoms with Crippen LogP contribution in [0.2, 0.25) is 0 Å². The minimum atomic E-state index is -0.0841. The van der Waals surface area contributed by atoms with Crippen molar-refractivity contribution in [2.45, 2.75) is 62.8 Å². The fraction of sp³-hybridized carbons (Fsp3) is 0.714. The molecule has 0 aromatic heterocycles. The average molecular weight is 328 g/mol. The van der Waals surface area contributed by atoms with Crippen LogP contribution >= 0.6 is 0 Å². The molecule has 3 fully saturated rings. The molecule has 1 spiro atoms. The maximum Gasteiger partial charge on any atom is 0.123 e. The van der Waals surface area contributed by atoms with Crippen molar-refractivity contribution in [3.05, 3.63) is 29.6 Å². The van der Waals surface area contributed by atoms with E-state index in [9.17, 15) is 4.39 Å². The Kier molecular flexibility index (Phi) is 3.62. The first-order valence-corrected chi connectivity index (χ1v) is 10.0. The van der Waals surface area contributed by atoms with Crippen molar-refractivity contribution in [1.82, 2.24) is 4.90 Å². The first kappa shape index (κ1) is 15.2. The van der Waals surface area contributed by atoms with E-state index in [1.165, 1.54) is 70.0 Å². The number of piperidine rings is 1. The predicted octanol–water partition coefficient (Wildman–Crippen LogP) is 4.55. The van der Waals surface area contributed by atoms with Crippen LogP contribution in [0.5, 0.6) is 0 Å². The lowest BCUT2D eigenvalue weighted by Gasteiger charge is -2.42. The van der Waals surface area contributed by atoms with Gasteiger partial charge in [-0.1, -0.05) is 25.7 Å². The number of hydrogen-bond acceptors (Lipinski definition) is 2. The molecule has 0 bridgehead atoms. The second-order valence-electron chi connectivity index (χ2n) is 8.79. The smallest absolute Gasteiger partial charge is 0.123 e. The Balaban J connectivity index is 1.28. The van der Waals surface area contributed by atoms with E-state index in [0.29, 0.717) is 0 Å². The van der Waals surface area contributed by atoms with Gasteiger partial charge in [0, 0.05) is 23.7 Å². The molecule has 130 valence electrons. The summed E-state index contributed by atoms with van der Waals surface area (Å²) in [5.41, 5.74) is 2.58. The molecule has 1 aromatic carbocycles. The van der Waals surface area contributed by atoms with E-state index in [1.54, 1.807) is 12.1 Å². The van der Waals surface area contributed by atoms with Gasteiger partial charge in [-0.2, -0.15) is 0 Å². The molecule has 5 rings (SSSR count). The van der Waals surface area contributed by atoms with Crippen molar-refractivity contribution in [1.29, 1.82) is 0 Å². The zero-order valence-corrected chi connectivity index (χ0v) is 14.6. The van der Waals surface area contributed by atoms with Gasteiger partial charge in [-0.15, -0.1) is 0 Å². The van der Waals surface area contributed by atoms with Crippen LogP contribution in [0.25, 0.3) is 0 Å². The first-order valence-electron chi connectivity index (χ1n) is 10.0. The molecule has 1 N–H and O–H groups in total. The van der Waals surface area contributed by atoms with Crippen LogP contribution in [0.15, 0.2) is 18.2 Å². The standard InChI is InChI=1S/C21H29FN2/c22-17-5-6-20-19(13-17)21(14-23-20)7-9-24(10-8-21)18-11-15-3-1-2-4-16(15)12-18/h5-6,13,15-16,18,23H,1-4,7-12,14H2. The molecule has 2 aliphatic heterocycles. The van der Waals surface area contributed by atoms with E-state index in [4.69, 9.17) is 0 Å². The molecule has 3 heteroatoms. The van der Waals surface area contributed by atoms with Gasteiger partial charge in [0.25, 0.3) is 0 Å². The molecule has 2 atom stereocenters. The summed E-state index contributed by atoms with van der Waals surface area (Å²) in [7, 11) is 0. The van der Waals surface area contributed by atoms with Gasteiger partial charge in [0.15, 0.2) is 0 Å². The Labute approximate surface area is 144 Å². The highest BCUT2D eigenvalue weighted by atomic mass is 19.1. The van der Waals surface area contributed by atoms with E-state index in [0.717, 1.165) is 30.1 Å². The predicted molar refractivity (Wildman–Crippen MR) is 95.8 cm³/mol. The number of nitrogens with zero attached hydrogens (tertiary/aromatic N) is 1. The van der Waals surface area contributed by atoms with Crippen LogP contribution in [0.1, 0.15) is 56.9 Å². The summed E-state index contributed by atoms with van der Waals surface area (Å²) in [6, 6.07) is 6.12. The molecule has 0 amide bonds. The minimum Gasteiger partial charge on any atom is -0.384 e. The summed E-state index contributed by atoms with van der Waals surface area (Å²) in [5, 5.41) is 3.53. The number of benzene rings is 1. The highest BCUT2D eigenvalue weighted by Crippen LogP contribution is 2.48. The van der Waals surface area contributed by atoms with Crippen molar-refractivity contribution in [2.24, 2.45) is 11.8 Å². The zero-order chi connectivity index (χ0) is 16.1. The molecule has 2 aliphatic carbocycles. The SMILES string of the molecule is Fc1ccc2c(c1)C1(CCN(C3CC4CCCCC4C3)CC1)CN2. The maximum atomic E-state index is 13.8. The second-order valence-corrected chi connectivity index (χ2v) is 8.79. The number of halogens is 1. The molecule has 4 aliphatic rings. The average Bonchev–Trinajstić information content (AvgIpc) is 3.18. The third-order valence-electron chi connectivity index (χ3n) is 7.66. The van der Waals surface area contributed by atoms with Crippen molar-refractivity contribution < 1.29 is 4.39 Å². The Morgan fingerprint density at radius 2 is 1.75 bits per heavy atom. The van der Waals surface area contributed by atoms with E-state index >= 15 is 0 Å². The lowest BCUT2D eigenvalue weighted by molar-refractivity contribution is 0.120. The van der Waals surface area contributed by atoms with Crippen LogP contribution in [0, 0.1) is 17.7 Å². The number of likely N-dealkylation sites (tertiary alicyclic amines) is 1. The first-order chi connectivity index (χ1) is 11.7. The number of nitrogens with one attached hydrogen (secondary N) is 1. The van der Waals surface area contributed by atoms with Crippen molar-refractivity contribution in [3.63, 3.8) is 0 Å². The van der Waals surface area contributed by atoms with E-state index < -0.39 is 0 Å². The topological polar surface area (TPSA) is 15.3 Å². The van der Waals surface area contributed by atoms with Gasteiger partial charge < -0.3 is 10.2 Å². The van der Waals surface area contributed by atoms with Gasteiger partial charge in [-0.25, -0.2) is 4.39 Å². The summed E-state index contributed by atoms with van der Waals surface area (Å²) in [4.78, 5) is 2.78. The molecule has 1 aromatic rings. The second kappa shape index (κ2) is 5.72. The van der Waals surface area contributed by atoms with Crippen molar-refractivity contribution in [3.8, 4) is 0 Å². The number of rotatable bonds is 1. The summed E-state index contributed by atoms with van der Waals surface area (Å²) in [6.07, 6.45) is 11.1. The van der Waals surface area contributed by atoms with Gasteiger partial charge in [0.05, 0.1) is 0 Å². The summed E-state index contributed by atoms with van der Waals surface area (Å²) in [5.74, 6) is 1.95. The third kappa shape index (κ3) is 2.39. The van der Waals surface area contributed by atoms with Gasteiger partial charge in [0.1, 0.15) is 5.82 Å². The summed E-state index contributed by atoms with van der Waals surface area (Å²) >= 11 is 0. The van der Waals surface area contributed by atoms with Crippen LogP contribution in [-0.2, 0) is 5.41 Å². The highest BCUT2D eigenvalue weighted by Gasteiger charge is 2.45. The van der Waals surface area contributed by atoms with Crippen LogP contribution < -0.4 is 5.32 Å². The van der Waals surface area contributed by atoms with E-state index in [-0.39, 0.29) is 11.2 Å². The lowest BCUT2D eigenvalue weighted by atomic mass is 9.74. The summed E-state index contributed by atoms with van der Waals surface area (Å²) in [6.45, 7) is 3.39. The molecule has 24 heavy (non-hydrogen) atoms. The molecule has 2 heterocycles. The van der Waals surface area contributed by atoms with Crippen molar-refractivity contribution in [2.75, 3.05) is 25.0 Å². The fourth-order valence-corrected chi connectivity index (χ4v) is 6.23. The molecule has 1 saturated heterocycles. The van der Waals surface area contributed by atoms with E-state index in [1.807, 2.05) is 6.07 Å². The largest absolute Gasteiger partial charge is 0.384 e. The molecular weight excluding hydrogens is 299 g/mol. The third-order valence-corrected chi connectivity index (χ3v) is 7.66. The Bertz CT molecular complexity index is 606. The quantitative estimate of drug-likeness (QED) is 0.813. The number of anilines is 1. The molecular formula is C21H29FN2.